The van der Waals surface area contributed by atoms with E-state index in [2.05, 4.69) is 22.0 Å². The average molecular weight is 244 g/mol. The lowest BCUT2D eigenvalue weighted by atomic mass is 10.1. The van der Waals surface area contributed by atoms with Crippen molar-refractivity contribution in [3.8, 4) is 11.6 Å². The van der Waals surface area contributed by atoms with Crippen LogP contribution in [0.15, 0.2) is 22.9 Å². The highest BCUT2D eigenvalue weighted by Gasteiger charge is 2.27. The zero-order chi connectivity index (χ0) is 12.5. The highest BCUT2D eigenvalue weighted by molar-refractivity contribution is 5.65. The summed E-state index contributed by atoms with van der Waals surface area (Å²) in [7, 11) is 0. The Labute approximate surface area is 105 Å². The first-order chi connectivity index (χ1) is 8.74. The average Bonchev–Trinajstić information content (AvgIpc) is 2.98. The molecule has 2 atom stereocenters. The third kappa shape index (κ3) is 1.96. The zero-order valence-electron chi connectivity index (χ0n) is 10.3. The zero-order valence-corrected chi connectivity index (χ0v) is 10.3. The third-order valence-corrected chi connectivity index (χ3v) is 3.54. The van der Waals surface area contributed by atoms with Gasteiger partial charge in [0.05, 0.1) is 5.69 Å². The number of nitrogens with two attached hydrogens (primary N) is 1. The summed E-state index contributed by atoms with van der Waals surface area (Å²) in [6.07, 6.45) is 5.18. The van der Waals surface area contributed by atoms with Crippen molar-refractivity contribution >= 4 is 5.69 Å². The van der Waals surface area contributed by atoms with Crippen molar-refractivity contribution < 1.29 is 4.52 Å². The molecule has 1 fully saturated rings. The maximum Gasteiger partial charge on any atom is 0.278 e. The smallest absolute Gasteiger partial charge is 0.278 e. The summed E-state index contributed by atoms with van der Waals surface area (Å²) in [6, 6.07) is 3.57. The summed E-state index contributed by atoms with van der Waals surface area (Å²) < 4.78 is 5.28. The van der Waals surface area contributed by atoms with Crippen LogP contribution in [0.5, 0.6) is 0 Å². The van der Waals surface area contributed by atoms with Crippen LogP contribution in [0.25, 0.3) is 11.6 Å². The molecule has 0 spiro atoms. The van der Waals surface area contributed by atoms with Crippen LogP contribution >= 0.6 is 0 Å². The fourth-order valence-corrected chi connectivity index (χ4v) is 2.53. The van der Waals surface area contributed by atoms with Crippen molar-refractivity contribution in [2.45, 2.75) is 32.1 Å². The van der Waals surface area contributed by atoms with Gasteiger partial charge in [0.15, 0.2) is 11.5 Å². The third-order valence-electron chi connectivity index (χ3n) is 3.54. The number of nitrogens with zero attached hydrogens (tertiary/aromatic N) is 3. The Kier molecular flexibility index (Phi) is 2.74. The number of pyridine rings is 1. The Morgan fingerprint density at radius 2 is 2.28 bits per heavy atom. The summed E-state index contributed by atoms with van der Waals surface area (Å²) in [5.41, 5.74) is 6.98. The first-order valence-electron chi connectivity index (χ1n) is 6.28. The molecule has 1 saturated carbocycles. The van der Waals surface area contributed by atoms with Gasteiger partial charge in [0, 0.05) is 12.1 Å². The Hall–Kier alpha value is -1.91. The second-order valence-electron chi connectivity index (χ2n) is 5.01. The van der Waals surface area contributed by atoms with Crippen molar-refractivity contribution in [2.24, 2.45) is 5.92 Å². The van der Waals surface area contributed by atoms with Gasteiger partial charge in [0.25, 0.3) is 5.89 Å². The quantitative estimate of drug-likeness (QED) is 0.878. The van der Waals surface area contributed by atoms with E-state index in [1.165, 1.54) is 6.42 Å². The largest absolute Gasteiger partial charge is 0.397 e. The Bertz CT molecular complexity index is 551. The first-order valence-corrected chi connectivity index (χ1v) is 6.28. The fraction of sp³-hybridized carbons (Fsp3) is 0.462. The normalized spacial score (nSPS) is 23.4. The van der Waals surface area contributed by atoms with Crippen molar-refractivity contribution in [1.29, 1.82) is 0 Å². The molecule has 2 heterocycles. The molecule has 0 amide bonds. The molecule has 0 saturated heterocycles. The van der Waals surface area contributed by atoms with E-state index in [0.717, 1.165) is 24.6 Å². The maximum absolute atomic E-state index is 5.85. The molecular formula is C13H16N4O. The Morgan fingerprint density at radius 1 is 1.39 bits per heavy atom. The van der Waals surface area contributed by atoms with E-state index in [0.29, 0.717) is 23.2 Å². The van der Waals surface area contributed by atoms with Gasteiger partial charge in [-0.3, -0.25) is 0 Å². The van der Waals surface area contributed by atoms with Gasteiger partial charge in [-0.05, 0) is 37.3 Å². The van der Waals surface area contributed by atoms with Gasteiger partial charge in [-0.15, -0.1) is 0 Å². The molecule has 5 nitrogen and oxygen atoms in total. The molecule has 5 heteroatoms. The molecule has 0 radical (unpaired) electrons. The number of hydrogen-bond donors (Lipinski definition) is 1. The molecule has 0 aromatic carbocycles. The Balaban J connectivity index is 1.88. The van der Waals surface area contributed by atoms with Gasteiger partial charge in [-0.25, -0.2) is 4.98 Å². The van der Waals surface area contributed by atoms with E-state index in [1.54, 1.807) is 18.3 Å². The van der Waals surface area contributed by atoms with Gasteiger partial charge in [-0.1, -0.05) is 12.1 Å². The van der Waals surface area contributed by atoms with Gasteiger partial charge >= 0.3 is 0 Å². The van der Waals surface area contributed by atoms with Gasteiger partial charge < -0.3 is 10.3 Å². The molecule has 94 valence electrons. The minimum absolute atomic E-state index is 0.419. The van der Waals surface area contributed by atoms with E-state index in [1.807, 2.05) is 0 Å². The van der Waals surface area contributed by atoms with Gasteiger partial charge in [-0.2, -0.15) is 4.98 Å². The van der Waals surface area contributed by atoms with Crippen LogP contribution in [0.1, 0.15) is 37.9 Å². The predicted octanol–water partition coefficient (Wildman–Crippen LogP) is 2.62. The lowest BCUT2D eigenvalue weighted by Gasteiger charge is -2.01. The van der Waals surface area contributed by atoms with Crippen LogP contribution in [0, 0.1) is 5.92 Å². The second-order valence-corrected chi connectivity index (χ2v) is 5.01. The summed E-state index contributed by atoms with van der Waals surface area (Å²) in [4.78, 5) is 8.62. The van der Waals surface area contributed by atoms with Crippen LogP contribution in [0.4, 0.5) is 5.69 Å². The summed E-state index contributed by atoms with van der Waals surface area (Å²) in [5.74, 6) is 2.38. The van der Waals surface area contributed by atoms with E-state index in [4.69, 9.17) is 10.3 Å². The van der Waals surface area contributed by atoms with Crippen molar-refractivity contribution in [3.63, 3.8) is 0 Å². The molecule has 1 aliphatic rings. The molecule has 0 bridgehead atoms. The standard InChI is InChI=1S/C13H16N4O/c1-8-4-5-9(7-8)12-16-13(18-17-12)11-10(14)3-2-6-15-11/h2-3,6,8-9H,4-5,7,14H2,1H3. The summed E-state index contributed by atoms with van der Waals surface area (Å²) in [6.45, 7) is 2.26. The summed E-state index contributed by atoms with van der Waals surface area (Å²) in [5, 5.41) is 4.07. The molecule has 3 rings (SSSR count). The molecule has 0 aliphatic heterocycles. The number of hydrogen-bond acceptors (Lipinski definition) is 5. The minimum atomic E-state index is 0.419. The first kappa shape index (κ1) is 11.2. The minimum Gasteiger partial charge on any atom is -0.397 e. The van der Waals surface area contributed by atoms with E-state index in [-0.39, 0.29) is 0 Å². The SMILES string of the molecule is CC1CCC(c2noc(-c3ncccc3N)n2)C1. The van der Waals surface area contributed by atoms with Gasteiger partial charge in [0.2, 0.25) is 0 Å². The van der Waals surface area contributed by atoms with Gasteiger partial charge in [0.1, 0.15) is 0 Å². The summed E-state index contributed by atoms with van der Waals surface area (Å²) >= 11 is 0. The lowest BCUT2D eigenvalue weighted by molar-refractivity contribution is 0.414. The molecule has 1 aliphatic carbocycles. The number of aromatic nitrogens is 3. The molecule has 2 unspecified atom stereocenters. The van der Waals surface area contributed by atoms with E-state index >= 15 is 0 Å². The predicted molar refractivity (Wildman–Crippen MR) is 67.7 cm³/mol. The monoisotopic (exact) mass is 244 g/mol. The van der Waals surface area contributed by atoms with E-state index in [9.17, 15) is 0 Å². The highest BCUT2D eigenvalue weighted by atomic mass is 16.5. The van der Waals surface area contributed by atoms with Crippen LogP contribution in [-0.4, -0.2) is 15.1 Å². The second kappa shape index (κ2) is 4.40. The number of anilines is 1. The van der Waals surface area contributed by atoms with Crippen LogP contribution in [0.2, 0.25) is 0 Å². The number of nitrogen functional groups attached to an aromatic ring is 1. The van der Waals surface area contributed by atoms with Crippen LogP contribution in [0.3, 0.4) is 0 Å². The molecule has 2 aromatic rings. The Morgan fingerprint density at radius 3 is 3.00 bits per heavy atom. The van der Waals surface area contributed by atoms with E-state index < -0.39 is 0 Å². The van der Waals surface area contributed by atoms with Crippen LogP contribution < -0.4 is 5.73 Å². The lowest BCUT2D eigenvalue weighted by Crippen LogP contribution is -1.97. The molecule has 18 heavy (non-hydrogen) atoms. The molecule has 2 N–H and O–H groups in total. The molecule has 2 aromatic heterocycles. The van der Waals surface area contributed by atoms with Crippen molar-refractivity contribution in [2.75, 3.05) is 5.73 Å². The highest BCUT2D eigenvalue weighted by Crippen LogP contribution is 2.37. The fourth-order valence-electron chi connectivity index (χ4n) is 2.53. The number of rotatable bonds is 2. The van der Waals surface area contributed by atoms with Crippen molar-refractivity contribution in [1.82, 2.24) is 15.1 Å². The molecular weight excluding hydrogens is 228 g/mol. The van der Waals surface area contributed by atoms with Crippen LogP contribution in [-0.2, 0) is 0 Å². The van der Waals surface area contributed by atoms with Crippen molar-refractivity contribution in [3.05, 3.63) is 24.2 Å². The topological polar surface area (TPSA) is 77.8 Å². The maximum atomic E-state index is 5.85.